The summed E-state index contributed by atoms with van der Waals surface area (Å²) in [5.41, 5.74) is 3.17. The van der Waals surface area contributed by atoms with Crippen LogP contribution in [0.5, 0.6) is 0 Å². The van der Waals surface area contributed by atoms with Crippen LogP contribution in [0.3, 0.4) is 0 Å². The first-order chi connectivity index (χ1) is 9.32. The largest absolute Gasteiger partial charge is 0.591 e. The highest BCUT2D eigenvalue weighted by atomic mass is 127. The molecule has 1 aromatic carbocycles. The summed E-state index contributed by atoms with van der Waals surface area (Å²) in [5.74, 6) is 0. The Labute approximate surface area is 148 Å². The lowest BCUT2D eigenvalue weighted by atomic mass is 10.0. The van der Waals surface area contributed by atoms with Crippen molar-refractivity contribution in [2.24, 2.45) is 4.40 Å². The van der Waals surface area contributed by atoms with E-state index in [0.717, 1.165) is 34.4 Å². The molecule has 0 fully saturated rings. The molecule has 1 unspecified atom stereocenters. The SMILES string of the molecule is CC(C)(C)[S+]([O-])N=C1CCN(SI)c2cc(Br)ccc21. The van der Waals surface area contributed by atoms with Crippen LogP contribution in [0.1, 0.15) is 32.8 Å². The zero-order chi connectivity index (χ0) is 14.9. The summed E-state index contributed by atoms with van der Waals surface area (Å²) in [5, 5.41) is 0. The fraction of sp³-hybridized carbons (Fsp3) is 0.462. The topological polar surface area (TPSA) is 38.7 Å². The quantitative estimate of drug-likeness (QED) is 0.338. The van der Waals surface area contributed by atoms with Gasteiger partial charge >= 0.3 is 0 Å². The van der Waals surface area contributed by atoms with Gasteiger partial charge in [-0.25, -0.2) is 0 Å². The molecule has 1 atom stereocenters. The molecule has 0 spiro atoms. The second-order valence-electron chi connectivity index (χ2n) is 5.48. The van der Waals surface area contributed by atoms with Crippen molar-refractivity contribution in [3.8, 4) is 0 Å². The molecule has 2 rings (SSSR count). The number of fused-ring (bicyclic) bond motifs is 1. The van der Waals surface area contributed by atoms with Crippen LogP contribution in [0.15, 0.2) is 27.1 Å². The molecule has 0 aromatic heterocycles. The van der Waals surface area contributed by atoms with Gasteiger partial charge in [0.15, 0.2) is 0 Å². The van der Waals surface area contributed by atoms with Gasteiger partial charge < -0.3 is 8.86 Å². The first-order valence-electron chi connectivity index (χ1n) is 6.18. The molecule has 0 saturated heterocycles. The maximum atomic E-state index is 12.3. The van der Waals surface area contributed by atoms with E-state index in [1.54, 1.807) is 9.12 Å². The van der Waals surface area contributed by atoms with E-state index in [1.165, 1.54) is 0 Å². The number of halogens is 2. The molecule has 0 radical (unpaired) electrons. The fourth-order valence-corrected chi connectivity index (χ4v) is 4.45. The highest BCUT2D eigenvalue weighted by molar-refractivity contribution is 14.2. The van der Waals surface area contributed by atoms with Crippen molar-refractivity contribution in [2.45, 2.75) is 31.9 Å². The van der Waals surface area contributed by atoms with Crippen LogP contribution in [0.25, 0.3) is 0 Å². The molecule has 0 amide bonds. The molecule has 7 heteroatoms. The van der Waals surface area contributed by atoms with Crippen molar-refractivity contribution in [3.05, 3.63) is 28.2 Å². The Kier molecular flexibility index (Phi) is 5.72. The van der Waals surface area contributed by atoms with Gasteiger partial charge in [-0.15, -0.1) is 0 Å². The average molecular weight is 487 g/mol. The number of rotatable bonds is 2. The maximum absolute atomic E-state index is 12.3. The average Bonchev–Trinajstić information content (AvgIpc) is 2.37. The molecule has 110 valence electrons. The van der Waals surface area contributed by atoms with Gasteiger partial charge in [-0.1, -0.05) is 20.3 Å². The van der Waals surface area contributed by atoms with Crippen molar-refractivity contribution in [2.75, 3.05) is 10.8 Å². The molecule has 3 nitrogen and oxygen atoms in total. The second-order valence-corrected chi connectivity index (χ2v) is 10.1. The van der Waals surface area contributed by atoms with Crippen molar-refractivity contribution in [3.63, 3.8) is 0 Å². The smallest absolute Gasteiger partial charge is 0.144 e. The van der Waals surface area contributed by atoms with Gasteiger partial charge in [0.1, 0.15) is 21.8 Å². The molecule has 1 aromatic rings. The summed E-state index contributed by atoms with van der Waals surface area (Å²) in [6.45, 7) is 6.74. The third-order valence-corrected chi connectivity index (χ3v) is 6.79. The summed E-state index contributed by atoms with van der Waals surface area (Å²) < 4.78 is 19.7. The van der Waals surface area contributed by atoms with Crippen LogP contribution in [0, 0.1) is 0 Å². The van der Waals surface area contributed by atoms with E-state index in [9.17, 15) is 4.55 Å². The Morgan fingerprint density at radius 2 is 2.15 bits per heavy atom. The number of nitrogens with zero attached hydrogens (tertiary/aromatic N) is 2. The van der Waals surface area contributed by atoms with E-state index in [2.05, 4.69) is 58.0 Å². The zero-order valence-electron chi connectivity index (χ0n) is 11.5. The predicted molar refractivity (Wildman–Crippen MR) is 102 cm³/mol. The number of benzene rings is 1. The third kappa shape index (κ3) is 3.85. The van der Waals surface area contributed by atoms with E-state index in [0.29, 0.717) is 0 Å². The minimum Gasteiger partial charge on any atom is -0.591 e. The van der Waals surface area contributed by atoms with E-state index in [4.69, 9.17) is 0 Å². The van der Waals surface area contributed by atoms with Crippen molar-refractivity contribution < 1.29 is 4.55 Å². The van der Waals surface area contributed by atoms with Gasteiger partial charge in [-0.2, -0.15) is 0 Å². The lowest BCUT2D eigenvalue weighted by Crippen LogP contribution is -2.30. The van der Waals surface area contributed by atoms with E-state index < -0.39 is 11.4 Å². The van der Waals surface area contributed by atoms with Crippen LogP contribution >= 0.6 is 46.3 Å². The van der Waals surface area contributed by atoms with Crippen LogP contribution in [0.2, 0.25) is 0 Å². The second kappa shape index (κ2) is 6.76. The monoisotopic (exact) mass is 486 g/mol. The lowest BCUT2D eigenvalue weighted by molar-refractivity contribution is 0.561. The molecule has 20 heavy (non-hydrogen) atoms. The predicted octanol–water partition coefficient (Wildman–Crippen LogP) is 4.91. The minimum atomic E-state index is -1.21. The van der Waals surface area contributed by atoms with Gasteiger partial charge in [0.25, 0.3) is 0 Å². The molecule has 1 heterocycles. The highest BCUT2D eigenvalue weighted by Gasteiger charge is 2.30. The Morgan fingerprint density at radius 1 is 1.45 bits per heavy atom. The number of anilines is 1. The molecule has 0 aliphatic carbocycles. The Balaban J connectivity index is 2.42. The number of hydrogen-bond acceptors (Lipinski definition) is 4. The molecule has 0 N–H and O–H groups in total. The van der Waals surface area contributed by atoms with E-state index >= 15 is 0 Å². The maximum Gasteiger partial charge on any atom is 0.144 e. The van der Waals surface area contributed by atoms with Crippen LogP contribution < -0.4 is 4.31 Å². The van der Waals surface area contributed by atoms with Crippen molar-refractivity contribution in [1.29, 1.82) is 0 Å². The molecular weight excluding hydrogens is 471 g/mol. The first-order valence-corrected chi connectivity index (χ1v) is 11.4. The summed E-state index contributed by atoms with van der Waals surface area (Å²) in [4.78, 5) is 0. The summed E-state index contributed by atoms with van der Waals surface area (Å²) in [6.07, 6.45) is 0.826. The van der Waals surface area contributed by atoms with Crippen LogP contribution in [-0.4, -0.2) is 21.6 Å². The van der Waals surface area contributed by atoms with Gasteiger partial charge in [0, 0.05) is 53.3 Å². The van der Waals surface area contributed by atoms with E-state index in [-0.39, 0.29) is 4.75 Å². The first kappa shape index (κ1) is 16.9. The summed E-state index contributed by atoms with van der Waals surface area (Å²) in [7, 11) is 1.68. The number of hydrogen-bond donors (Lipinski definition) is 0. The Hall–Kier alpha value is 0.560. The fourth-order valence-electron chi connectivity index (χ4n) is 1.82. The van der Waals surface area contributed by atoms with Crippen molar-refractivity contribution >= 4 is 69.0 Å². The van der Waals surface area contributed by atoms with Crippen LogP contribution in [0.4, 0.5) is 5.69 Å². The van der Waals surface area contributed by atoms with Crippen molar-refractivity contribution in [1.82, 2.24) is 0 Å². The zero-order valence-corrected chi connectivity index (χ0v) is 16.9. The third-order valence-electron chi connectivity index (χ3n) is 2.89. The standard InChI is InChI=1S/C13H16BrIN2OS2/c1-13(2,3)20(18)16-11-6-7-17(19-15)12-8-9(14)4-5-10(11)12/h4-5,8H,6-7H2,1-3H3. The summed E-state index contributed by atoms with van der Waals surface area (Å²) in [6, 6.07) is 6.16. The Bertz CT molecular complexity index is 534. The molecule has 0 saturated carbocycles. The van der Waals surface area contributed by atoms with Crippen LogP contribution in [-0.2, 0) is 11.4 Å². The molecule has 1 aliphatic heterocycles. The molecule has 1 aliphatic rings. The lowest BCUT2D eigenvalue weighted by Gasteiger charge is -2.29. The minimum absolute atomic E-state index is 0.322. The van der Waals surface area contributed by atoms with Gasteiger partial charge in [0.2, 0.25) is 0 Å². The van der Waals surface area contributed by atoms with Gasteiger partial charge in [-0.05, 0) is 39.0 Å². The normalized spacial score (nSPS) is 19.1. The van der Waals surface area contributed by atoms with Gasteiger partial charge in [-0.3, -0.25) is 0 Å². The Morgan fingerprint density at radius 3 is 2.75 bits per heavy atom. The van der Waals surface area contributed by atoms with Gasteiger partial charge in [0.05, 0.1) is 5.69 Å². The van der Waals surface area contributed by atoms with E-state index in [1.807, 2.05) is 26.8 Å². The highest BCUT2D eigenvalue weighted by Crippen LogP contribution is 2.37. The molecular formula is C13H16BrIN2OS2. The molecule has 0 bridgehead atoms. The summed E-state index contributed by atoms with van der Waals surface area (Å²) >= 11 is 4.59.